The largest absolute Gasteiger partial charge is 0.359 e. The van der Waals surface area contributed by atoms with E-state index in [0.717, 1.165) is 25.9 Å². The molecule has 2 aliphatic rings. The first-order valence-electron chi connectivity index (χ1n) is 5.62. The molecule has 1 amide bonds. The maximum Gasteiger partial charge on any atom is 0.242 e. The van der Waals surface area contributed by atoms with Gasteiger partial charge in [0.2, 0.25) is 5.91 Å². The van der Waals surface area contributed by atoms with Crippen LogP contribution in [-0.4, -0.2) is 53.5 Å². The Morgan fingerprint density at radius 3 is 2.53 bits per heavy atom. The van der Waals surface area contributed by atoms with E-state index < -0.39 is 0 Å². The monoisotopic (exact) mass is 209 g/mol. The molecule has 2 aliphatic heterocycles. The Bertz CT molecular complexity index is 271. The quantitative estimate of drug-likeness (QED) is 0.669. The lowest BCUT2D eigenvalue weighted by atomic mass is 10.4. The molecule has 0 bridgehead atoms. The number of likely N-dealkylation sites (tertiary alicyclic amines) is 1. The van der Waals surface area contributed by atoms with Gasteiger partial charge in [-0.25, -0.2) is 0 Å². The molecule has 0 spiro atoms. The van der Waals surface area contributed by atoms with E-state index in [4.69, 9.17) is 0 Å². The predicted octanol–water partition coefficient (Wildman–Crippen LogP) is 0.673. The van der Waals surface area contributed by atoms with Gasteiger partial charge in [0.15, 0.2) is 0 Å². The lowest BCUT2D eigenvalue weighted by Crippen LogP contribution is -2.41. The first-order chi connectivity index (χ1) is 7.18. The number of nitrogens with zero attached hydrogens (tertiary/aromatic N) is 3. The summed E-state index contributed by atoms with van der Waals surface area (Å²) in [5, 5.41) is 0. The van der Waals surface area contributed by atoms with Gasteiger partial charge in [-0.3, -0.25) is 4.79 Å². The number of hydrogen-bond donors (Lipinski definition) is 0. The lowest BCUT2D eigenvalue weighted by molar-refractivity contribution is -0.131. The summed E-state index contributed by atoms with van der Waals surface area (Å²) < 4.78 is 0. The van der Waals surface area contributed by atoms with Crippen LogP contribution in [-0.2, 0) is 4.79 Å². The van der Waals surface area contributed by atoms with Gasteiger partial charge in [0.1, 0.15) is 0 Å². The van der Waals surface area contributed by atoms with Crippen LogP contribution in [0.15, 0.2) is 12.4 Å². The smallest absolute Gasteiger partial charge is 0.242 e. The number of carbonyl (C=O) groups excluding carboxylic acids is 1. The minimum atomic E-state index is 0.263. The van der Waals surface area contributed by atoms with Crippen LogP contribution < -0.4 is 0 Å². The normalized spacial score (nSPS) is 25.5. The van der Waals surface area contributed by atoms with Gasteiger partial charge in [0, 0.05) is 32.5 Å². The van der Waals surface area contributed by atoms with Crippen molar-refractivity contribution in [3.63, 3.8) is 0 Å². The molecule has 4 nitrogen and oxygen atoms in total. The van der Waals surface area contributed by atoms with Gasteiger partial charge in [-0.15, -0.1) is 0 Å². The van der Waals surface area contributed by atoms with Gasteiger partial charge >= 0.3 is 0 Å². The van der Waals surface area contributed by atoms with E-state index in [1.807, 2.05) is 24.3 Å². The molecule has 0 saturated carbocycles. The highest BCUT2D eigenvalue weighted by Crippen LogP contribution is 2.14. The molecule has 0 aromatic rings. The van der Waals surface area contributed by atoms with Gasteiger partial charge in [0.05, 0.1) is 12.7 Å². The molecule has 84 valence electrons. The molecular weight excluding hydrogens is 190 g/mol. The highest BCUT2D eigenvalue weighted by Gasteiger charge is 2.24. The zero-order valence-corrected chi connectivity index (χ0v) is 9.52. The second-order valence-electron chi connectivity index (χ2n) is 4.36. The number of amides is 1. The molecular formula is C11H19N3O. The molecule has 2 rings (SSSR count). The van der Waals surface area contributed by atoms with E-state index in [-0.39, 0.29) is 5.91 Å². The molecule has 2 heterocycles. The molecule has 1 unspecified atom stereocenters. The molecule has 0 radical (unpaired) electrons. The van der Waals surface area contributed by atoms with Crippen LogP contribution in [0.3, 0.4) is 0 Å². The van der Waals surface area contributed by atoms with Crippen molar-refractivity contribution in [2.45, 2.75) is 25.9 Å². The van der Waals surface area contributed by atoms with Crippen LogP contribution in [0.25, 0.3) is 0 Å². The molecule has 1 saturated heterocycles. The van der Waals surface area contributed by atoms with Crippen molar-refractivity contribution in [2.75, 3.05) is 26.7 Å². The van der Waals surface area contributed by atoms with Crippen molar-refractivity contribution in [3.8, 4) is 0 Å². The number of rotatable bonds is 2. The maximum atomic E-state index is 11.9. The van der Waals surface area contributed by atoms with Crippen LogP contribution in [0.5, 0.6) is 0 Å². The molecule has 1 fully saturated rings. The summed E-state index contributed by atoms with van der Waals surface area (Å²) >= 11 is 0. The first-order valence-corrected chi connectivity index (χ1v) is 5.62. The Balaban J connectivity index is 1.86. The average molecular weight is 209 g/mol. The number of carbonyl (C=O) groups is 1. The predicted molar refractivity (Wildman–Crippen MR) is 58.9 cm³/mol. The third-order valence-corrected chi connectivity index (χ3v) is 3.34. The highest BCUT2D eigenvalue weighted by atomic mass is 16.2. The van der Waals surface area contributed by atoms with Crippen molar-refractivity contribution in [3.05, 3.63) is 12.4 Å². The van der Waals surface area contributed by atoms with Crippen LogP contribution in [0.1, 0.15) is 19.8 Å². The summed E-state index contributed by atoms with van der Waals surface area (Å²) in [4.78, 5) is 18.0. The van der Waals surface area contributed by atoms with Crippen LogP contribution in [0, 0.1) is 0 Å². The van der Waals surface area contributed by atoms with E-state index in [0.29, 0.717) is 12.7 Å². The molecule has 0 N–H and O–H groups in total. The van der Waals surface area contributed by atoms with Crippen molar-refractivity contribution >= 4 is 5.91 Å². The zero-order valence-electron chi connectivity index (χ0n) is 9.52. The molecule has 0 aromatic heterocycles. The summed E-state index contributed by atoms with van der Waals surface area (Å²) in [7, 11) is 2.03. The second kappa shape index (κ2) is 4.13. The van der Waals surface area contributed by atoms with Crippen molar-refractivity contribution in [2.24, 2.45) is 0 Å². The fourth-order valence-electron chi connectivity index (χ4n) is 2.08. The highest BCUT2D eigenvalue weighted by molar-refractivity contribution is 5.78. The molecule has 4 heteroatoms. The Kier molecular flexibility index (Phi) is 2.84. The SMILES string of the molecule is CC1N(C)C=CN1CC(=O)N1CCCC1. The fraction of sp³-hybridized carbons (Fsp3) is 0.727. The van der Waals surface area contributed by atoms with Gasteiger partial charge < -0.3 is 14.7 Å². The molecule has 0 aromatic carbocycles. The van der Waals surface area contributed by atoms with Gasteiger partial charge in [-0.05, 0) is 19.8 Å². The van der Waals surface area contributed by atoms with Crippen molar-refractivity contribution < 1.29 is 4.79 Å². The summed E-state index contributed by atoms with van der Waals surface area (Å²) in [6, 6.07) is 0. The average Bonchev–Trinajstić information content (AvgIpc) is 2.83. The van der Waals surface area contributed by atoms with Crippen LogP contribution in [0.2, 0.25) is 0 Å². The minimum absolute atomic E-state index is 0.263. The van der Waals surface area contributed by atoms with E-state index in [1.54, 1.807) is 0 Å². The van der Waals surface area contributed by atoms with E-state index in [2.05, 4.69) is 16.7 Å². The maximum absolute atomic E-state index is 11.9. The van der Waals surface area contributed by atoms with Crippen LogP contribution >= 0.6 is 0 Å². The molecule has 1 atom stereocenters. The minimum Gasteiger partial charge on any atom is -0.359 e. The standard InChI is InChI=1S/C11H19N3O/c1-10-12(2)7-8-14(10)9-11(15)13-5-3-4-6-13/h7-8,10H,3-6,9H2,1-2H3. The van der Waals surface area contributed by atoms with Crippen molar-refractivity contribution in [1.29, 1.82) is 0 Å². The van der Waals surface area contributed by atoms with E-state index >= 15 is 0 Å². The third-order valence-electron chi connectivity index (χ3n) is 3.34. The molecule has 15 heavy (non-hydrogen) atoms. The Hall–Kier alpha value is -1.19. The zero-order chi connectivity index (χ0) is 10.8. The van der Waals surface area contributed by atoms with Gasteiger partial charge in [-0.2, -0.15) is 0 Å². The summed E-state index contributed by atoms with van der Waals surface area (Å²) in [6.07, 6.45) is 6.64. The Morgan fingerprint density at radius 1 is 1.33 bits per heavy atom. The second-order valence-corrected chi connectivity index (χ2v) is 4.36. The summed E-state index contributed by atoms with van der Waals surface area (Å²) in [5.74, 6) is 0.263. The fourth-order valence-corrected chi connectivity index (χ4v) is 2.08. The van der Waals surface area contributed by atoms with E-state index in [9.17, 15) is 4.79 Å². The third kappa shape index (κ3) is 2.08. The molecule has 0 aliphatic carbocycles. The van der Waals surface area contributed by atoms with E-state index in [1.165, 1.54) is 0 Å². The Morgan fingerprint density at radius 2 is 2.00 bits per heavy atom. The topological polar surface area (TPSA) is 26.8 Å². The summed E-state index contributed by atoms with van der Waals surface area (Å²) in [5.41, 5.74) is 0. The van der Waals surface area contributed by atoms with Gasteiger partial charge in [-0.1, -0.05) is 0 Å². The van der Waals surface area contributed by atoms with Crippen LogP contribution in [0.4, 0.5) is 0 Å². The Labute approximate surface area is 91.1 Å². The first kappa shape index (κ1) is 10.3. The van der Waals surface area contributed by atoms with Crippen molar-refractivity contribution in [1.82, 2.24) is 14.7 Å². The number of hydrogen-bond acceptors (Lipinski definition) is 3. The lowest BCUT2D eigenvalue weighted by Gasteiger charge is -2.28. The van der Waals surface area contributed by atoms with Gasteiger partial charge in [0.25, 0.3) is 0 Å². The summed E-state index contributed by atoms with van der Waals surface area (Å²) in [6.45, 7) is 4.51.